The number of likely N-dealkylation sites (N-methyl/N-ethyl adjacent to an activating group) is 1. The fraction of sp³-hybridized carbons (Fsp3) is 0.857. The molecule has 0 aromatic heterocycles. The minimum Gasteiger partial charge on any atom is -1.00 e. The molecule has 0 aromatic rings. The quantitative estimate of drug-likeness (QED) is 0.274. The number of rotatable bonds is 3. The number of carbonyl (C=O) groups is 1. The molecule has 0 heterocycles. The van der Waals surface area contributed by atoms with Crippen LogP contribution in [0.3, 0.4) is 0 Å². The number of quaternary nitrogens is 1. The van der Waals surface area contributed by atoms with E-state index in [0.717, 1.165) is 11.0 Å². The Kier molecular flexibility index (Phi) is 8.71. The summed E-state index contributed by atoms with van der Waals surface area (Å²) in [7, 11) is 6.18. The van der Waals surface area contributed by atoms with Crippen molar-refractivity contribution in [2.45, 2.75) is 6.92 Å². The molecule has 3 nitrogen and oxygen atoms in total. The molecular formula is C7H17KNO2+. The van der Waals surface area contributed by atoms with E-state index in [1.54, 1.807) is 0 Å². The van der Waals surface area contributed by atoms with E-state index >= 15 is 0 Å². The van der Waals surface area contributed by atoms with Crippen LogP contribution in [0.15, 0.2) is 0 Å². The second-order valence-corrected chi connectivity index (χ2v) is 3.35. The van der Waals surface area contributed by atoms with E-state index in [9.17, 15) is 4.79 Å². The summed E-state index contributed by atoms with van der Waals surface area (Å²) in [5.41, 5.74) is 0. The molecule has 0 amide bonds. The van der Waals surface area contributed by atoms with Crippen LogP contribution in [0.4, 0.5) is 0 Å². The Hall–Kier alpha value is 1.07. The minimum absolute atomic E-state index is 0. The van der Waals surface area contributed by atoms with Crippen LogP contribution in [0, 0.1) is 0 Å². The van der Waals surface area contributed by atoms with Gasteiger partial charge in [0, 0.05) is 6.92 Å². The van der Waals surface area contributed by atoms with Crippen molar-refractivity contribution in [3.05, 3.63) is 0 Å². The first-order chi connectivity index (χ1) is 4.42. The van der Waals surface area contributed by atoms with E-state index in [4.69, 9.17) is 4.74 Å². The first-order valence-corrected chi connectivity index (χ1v) is 3.35. The molecule has 0 bridgehead atoms. The molecule has 0 rings (SSSR count). The summed E-state index contributed by atoms with van der Waals surface area (Å²) in [5, 5.41) is 0. The average Bonchev–Trinajstić information content (AvgIpc) is 1.59. The molecule has 62 valence electrons. The average molecular weight is 186 g/mol. The Labute approximate surface area is 113 Å². The van der Waals surface area contributed by atoms with Crippen molar-refractivity contribution in [2.75, 3.05) is 34.3 Å². The molecule has 0 aromatic carbocycles. The van der Waals surface area contributed by atoms with E-state index in [1.807, 2.05) is 0 Å². The van der Waals surface area contributed by atoms with Crippen LogP contribution >= 0.6 is 0 Å². The van der Waals surface area contributed by atoms with E-state index < -0.39 is 0 Å². The maximum atomic E-state index is 10.3. The Morgan fingerprint density at radius 1 is 1.45 bits per heavy atom. The normalized spacial score (nSPS) is 10.2. The third-order valence-corrected chi connectivity index (χ3v) is 1.07. The molecule has 0 N–H and O–H groups in total. The third-order valence-electron chi connectivity index (χ3n) is 1.07. The van der Waals surface area contributed by atoms with Crippen LogP contribution in [0.1, 0.15) is 8.35 Å². The number of ether oxygens (including phenoxy) is 1. The van der Waals surface area contributed by atoms with Crippen LogP contribution < -0.4 is 51.4 Å². The standard InChI is InChI=1S/C7H16NO2.K.H/c1-7(9)10-6-5-8(2,3)4;;/h5-6H2,1-4H3;;/q2*+1;-1. The van der Waals surface area contributed by atoms with E-state index in [1.165, 1.54) is 6.92 Å². The van der Waals surface area contributed by atoms with E-state index in [0.29, 0.717) is 6.61 Å². The number of nitrogens with zero attached hydrogens (tertiary/aromatic N) is 1. The summed E-state index contributed by atoms with van der Waals surface area (Å²) in [5.74, 6) is -0.201. The molecule has 0 aliphatic heterocycles. The van der Waals surface area contributed by atoms with Gasteiger partial charge in [0.1, 0.15) is 13.2 Å². The van der Waals surface area contributed by atoms with Gasteiger partial charge < -0.3 is 10.6 Å². The summed E-state index contributed by atoms with van der Waals surface area (Å²) in [6, 6.07) is 0. The monoisotopic (exact) mass is 186 g/mol. The van der Waals surface area contributed by atoms with Gasteiger partial charge >= 0.3 is 57.4 Å². The number of esters is 1. The van der Waals surface area contributed by atoms with Crippen LogP contribution in [-0.4, -0.2) is 44.7 Å². The molecule has 0 radical (unpaired) electrons. The topological polar surface area (TPSA) is 26.3 Å². The molecule has 0 aliphatic carbocycles. The Bertz CT molecular complexity index is 125. The zero-order chi connectivity index (χ0) is 8.20. The number of carbonyl (C=O) groups excluding carboxylic acids is 1. The van der Waals surface area contributed by atoms with Crippen LogP contribution in [0.25, 0.3) is 0 Å². The molecule has 11 heavy (non-hydrogen) atoms. The van der Waals surface area contributed by atoms with Gasteiger partial charge in [0.2, 0.25) is 0 Å². The molecule has 0 aliphatic rings. The molecule has 0 fully saturated rings. The van der Waals surface area contributed by atoms with Crippen molar-refractivity contribution in [1.29, 1.82) is 0 Å². The molecule has 0 saturated carbocycles. The Morgan fingerprint density at radius 2 is 1.91 bits per heavy atom. The van der Waals surface area contributed by atoms with Crippen molar-refractivity contribution < 1.29 is 66.8 Å². The minimum atomic E-state index is -0.201. The Morgan fingerprint density at radius 3 is 2.18 bits per heavy atom. The van der Waals surface area contributed by atoms with Gasteiger partial charge in [-0.05, 0) is 0 Å². The van der Waals surface area contributed by atoms with Crippen molar-refractivity contribution in [3.63, 3.8) is 0 Å². The van der Waals surface area contributed by atoms with Gasteiger partial charge in [-0.1, -0.05) is 0 Å². The van der Waals surface area contributed by atoms with Gasteiger partial charge in [-0.15, -0.1) is 0 Å². The second-order valence-electron chi connectivity index (χ2n) is 3.35. The van der Waals surface area contributed by atoms with Crippen molar-refractivity contribution in [2.24, 2.45) is 0 Å². The summed E-state index contributed by atoms with van der Waals surface area (Å²) in [6.45, 7) is 2.80. The zero-order valence-electron chi connectivity index (χ0n) is 9.18. The van der Waals surface area contributed by atoms with Crippen molar-refractivity contribution in [1.82, 2.24) is 0 Å². The zero-order valence-corrected chi connectivity index (χ0v) is 11.3. The predicted octanol–water partition coefficient (Wildman–Crippen LogP) is -2.63. The van der Waals surface area contributed by atoms with Gasteiger partial charge in [-0.2, -0.15) is 0 Å². The fourth-order valence-corrected chi connectivity index (χ4v) is 0.463. The first kappa shape index (κ1) is 14.6. The van der Waals surface area contributed by atoms with Crippen molar-refractivity contribution in [3.8, 4) is 0 Å². The Balaban J connectivity index is -0.000000405. The van der Waals surface area contributed by atoms with Crippen molar-refractivity contribution >= 4 is 5.97 Å². The molecule has 0 atom stereocenters. The first-order valence-electron chi connectivity index (χ1n) is 3.35. The number of hydrogen-bond acceptors (Lipinski definition) is 2. The maximum Gasteiger partial charge on any atom is 1.00 e. The third kappa shape index (κ3) is 14.0. The fourth-order valence-electron chi connectivity index (χ4n) is 0.463. The largest absolute Gasteiger partial charge is 1.00 e. The van der Waals surface area contributed by atoms with Gasteiger partial charge in [0.05, 0.1) is 21.1 Å². The van der Waals surface area contributed by atoms with Crippen LogP contribution in [0.2, 0.25) is 0 Å². The van der Waals surface area contributed by atoms with Crippen LogP contribution in [-0.2, 0) is 9.53 Å². The summed E-state index contributed by atoms with van der Waals surface area (Å²) >= 11 is 0. The molecular weight excluding hydrogens is 169 g/mol. The van der Waals surface area contributed by atoms with E-state index in [-0.39, 0.29) is 58.8 Å². The van der Waals surface area contributed by atoms with Gasteiger partial charge in [0.25, 0.3) is 0 Å². The number of hydrogen-bond donors (Lipinski definition) is 0. The smallest absolute Gasteiger partial charge is 1.00 e. The maximum absolute atomic E-state index is 10.3. The molecule has 0 spiro atoms. The van der Waals surface area contributed by atoms with Gasteiger partial charge in [0.15, 0.2) is 0 Å². The van der Waals surface area contributed by atoms with Gasteiger partial charge in [-0.25, -0.2) is 0 Å². The van der Waals surface area contributed by atoms with Crippen LogP contribution in [0.5, 0.6) is 0 Å². The molecule has 0 unspecified atom stereocenters. The summed E-state index contributed by atoms with van der Waals surface area (Å²) < 4.78 is 5.59. The predicted molar refractivity (Wildman–Crippen MR) is 40.6 cm³/mol. The van der Waals surface area contributed by atoms with E-state index in [2.05, 4.69) is 21.1 Å². The summed E-state index contributed by atoms with van der Waals surface area (Å²) in [6.07, 6.45) is 0. The SMILES string of the molecule is CC(=O)OCC[N+](C)(C)C.[H-].[K+]. The molecule has 4 heteroatoms. The van der Waals surface area contributed by atoms with Gasteiger partial charge in [-0.3, -0.25) is 4.79 Å². The second kappa shape index (κ2) is 6.57. The molecule has 0 saturated heterocycles. The summed E-state index contributed by atoms with van der Waals surface area (Å²) in [4.78, 5) is 10.3.